The first-order chi connectivity index (χ1) is 8.63. The summed E-state index contributed by atoms with van der Waals surface area (Å²) >= 11 is 0. The third kappa shape index (κ3) is 1.95. The van der Waals surface area contributed by atoms with E-state index in [0.717, 1.165) is 43.4 Å². The highest BCUT2D eigenvalue weighted by Crippen LogP contribution is 2.19. The molecular formula is C13H18N4O. The van der Waals surface area contributed by atoms with Gasteiger partial charge in [-0.3, -0.25) is 4.90 Å². The SMILES string of the molecule is Cc1nc(CN2CCc3c(ncn3C)C2)oc1C. The van der Waals surface area contributed by atoms with Crippen molar-refractivity contribution in [3.05, 3.63) is 35.1 Å². The molecule has 1 aliphatic heterocycles. The van der Waals surface area contributed by atoms with E-state index in [1.165, 1.54) is 11.4 Å². The van der Waals surface area contributed by atoms with Gasteiger partial charge in [0.25, 0.3) is 0 Å². The van der Waals surface area contributed by atoms with Crippen molar-refractivity contribution in [1.29, 1.82) is 0 Å². The van der Waals surface area contributed by atoms with Crippen molar-refractivity contribution >= 4 is 0 Å². The number of hydrogen-bond donors (Lipinski definition) is 0. The lowest BCUT2D eigenvalue weighted by Crippen LogP contribution is -2.30. The lowest BCUT2D eigenvalue weighted by Gasteiger charge is -2.25. The van der Waals surface area contributed by atoms with Gasteiger partial charge in [0.05, 0.1) is 24.3 Å². The summed E-state index contributed by atoms with van der Waals surface area (Å²) in [6, 6.07) is 0. The summed E-state index contributed by atoms with van der Waals surface area (Å²) in [6.07, 6.45) is 2.94. The van der Waals surface area contributed by atoms with Gasteiger partial charge in [0.2, 0.25) is 5.89 Å². The molecule has 2 aromatic heterocycles. The Hall–Kier alpha value is -1.62. The molecule has 0 fully saturated rings. The molecule has 0 saturated heterocycles. The van der Waals surface area contributed by atoms with Gasteiger partial charge in [0.1, 0.15) is 5.76 Å². The zero-order chi connectivity index (χ0) is 12.7. The minimum absolute atomic E-state index is 0.769. The minimum Gasteiger partial charge on any atom is -0.444 e. The van der Waals surface area contributed by atoms with Crippen LogP contribution in [0.4, 0.5) is 0 Å². The van der Waals surface area contributed by atoms with Crippen LogP contribution in [-0.2, 0) is 26.6 Å². The molecule has 5 heteroatoms. The Kier molecular flexibility index (Phi) is 2.70. The molecule has 0 amide bonds. The number of rotatable bonds is 2. The Bertz CT molecular complexity index is 550. The largest absolute Gasteiger partial charge is 0.444 e. The maximum Gasteiger partial charge on any atom is 0.208 e. The van der Waals surface area contributed by atoms with Crippen LogP contribution in [0.5, 0.6) is 0 Å². The van der Waals surface area contributed by atoms with Crippen molar-refractivity contribution in [2.24, 2.45) is 7.05 Å². The molecule has 2 aromatic rings. The lowest BCUT2D eigenvalue weighted by atomic mass is 10.1. The van der Waals surface area contributed by atoms with Crippen LogP contribution in [0.3, 0.4) is 0 Å². The Balaban J connectivity index is 1.73. The Morgan fingerprint density at radius 2 is 2.22 bits per heavy atom. The second-order valence-corrected chi connectivity index (χ2v) is 4.96. The monoisotopic (exact) mass is 246 g/mol. The third-order valence-corrected chi connectivity index (χ3v) is 3.62. The van der Waals surface area contributed by atoms with Crippen LogP contribution in [-0.4, -0.2) is 26.0 Å². The van der Waals surface area contributed by atoms with Crippen molar-refractivity contribution in [1.82, 2.24) is 19.4 Å². The van der Waals surface area contributed by atoms with Gasteiger partial charge in [-0.1, -0.05) is 0 Å². The van der Waals surface area contributed by atoms with Gasteiger partial charge in [-0.15, -0.1) is 0 Å². The lowest BCUT2D eigenvalue weighted by molar-refractivity contribution is 0.215. The standard InChI is InChI=1S/C13H18N4O/c1-9-10(2)18-13(15-9)7-17-5-4-12-11(6-17)14-8-16(12)3/h8H,4-7H2,1-3H3. The molecule has 96 valence electrons. The van der Waals surface area contributed by atoms with Gasteiger partial charge in [-0.05, 0) is 13.8 Å². The van der Waals surface area contributed by atoms with E-state index in [0.29, 0.717) is 0 Å². The van der Waals surface area contributed by atoms with Crippen LogP contribution >= 0.6 is 0 Å². The first-order valence-electron chi connectivity index (χ1n) is 6.28. The van der Waals surface area contributed by atoms with Gasteiger partial charge in [0, 0.05) is 32.3 Å². The van der Waals surface area contributed by atoms with Crippen LogP contribution in [0.15, 0.2) is 10.7 Å². The normalized spacial score (nSPS) is 15.9. The van der Waals surface area contributed by atoms with E-state index in [9.17, 15) is 0 Å². The van der Waals surface area contributed by atoms with Crippen LogP contribution in [0.1, 0.15) is 28.7 Å². The average Bonchev–Trinajstić information content (AvgIpc) is 2.84. The minimum atomic E-state index is 0.769. The highest BCUT2D eigenvalue weighted by molar-refractivity contribution is 5.16. The second-order valence-electron chi connectivity index (χ2n) is 4.96. The van der Waals surface area contributed by atoms with Gasteiger partial charge in [0.15, 0.2) is 0 Å². The molecule has 18 heavy (non-hydrogen) atoms. The van der Waals surface area contributed by atoms with Crippen molar-refractivity contribution < 1.29 is 4.42 Å². The molecular weight excluding hydrogens is 228 g/mol. The highest BCUT2D eigenvalue weighted by atomic mass is 16.4. The number of imidazole rings is 1. The van der Waals surface area contributed by atoms with E-state index in [2.05, 4.69) is 26.5 Å². The van der Waals surface area contributed by atoms with E-state index in [4.69, 9.17) is 4.42 Å². The highest BCUT2D eigenvalue weighted by Gasteiger charge is 2.21. The Labute approximate surface area is 106 Å². The van der Waals surface area contributed by atoms with E-state index in [-0.39, 0.29) is 0 Å². The fourth-order valence-corrected chi connectivity index (χ4v) is 2.44. The molecule has 0 bridgehead atoms. The summed E-state index contributed by atoms with van der Waals surface area (Å²) in [6.45, 7) is 6.63. The Morgan fingerprint density at radius 3 is 2.94 bits per heavy atom. The van der Waals surface area contributed by atoms with Crippen molar-refractivity contribution in [3.63, 3.8) is 0 Å². The maximum atomic E-state index is 5.63. The Morgan fingerprint density at radius 1 is 1.39 bits per heavy atom. The zero-order valence-electron chi connectivity index (χ0n) is 11.1. The number of nitrogens with zero attached hydrogens (tertiary/aromatic N) is 4. The van der Waals surface area contributed by atoms with E-state index in [1.54, 1.807) is 0 Å². The second kappa shape index (κ2) is 4.24. The zero-order valence-corrected chi connectivity index (χ0v) is 11.1. The fourth-order valence-electron chi connectivity index (χ4n) is 2.44. The molecule has 0 radical (unpaired) electrons. The third-order valence-electron chi connectivity index (χ3n) is 3.62. The molecule has 0 aliphatic carbocycles. The number of aryl methyl sites for hydroxylation is 3. The van der Waals surface area contributed by atoms with Crippen LogP contribution in [0, 0.1) is 13.8 Å². The molecule has 3 heterocycles. The van der Waals surface area contributed by atoms with Gasteiger partial charge in [-0.25, -0.2) is 9.97 Å². The van der Waals surface area contributed by atoms with Crippen molar-refractivity contribution in [2.75, 3.05) is 6.54 Å². The average molecular weight is 246 g/mol. The van der Waals surface area contributed by atoms with Gasteiger partial charge < -0.3 is 8.98 Å². The maximum absolute atomic E-state index is 5.63. The van der Waals surface area contributed by atoms with Gasteiger partial charge >= 0.3 is 0 Å². The predicted molar refractivity (Wildman–Crippen MR) is 67.0 cm³/mol. The molecule has 0 spiro atoms. The number of hydrogen-bond acceptors (Lipinski definition) is 4. The molecule has 5 nitrogen and oxygen atoms in total. The topological polar surface area (TPSA) is 47.1 Å². The molecule has 0 saturated carbocycles. The van der Waals surface area contributed by atoms with E-state index in [1.807, 2.05) is 20.2 Å². The summed E-state index contributed by atoms with van der Waals surface area (Å²) in [4.78, 5) is 11.2. The van der Waals surface area contributed by atoms with E-state index < -0.39 is 0 Å². The summed E-state index contributed by atoms with van der Waals surface area (Å²) in [5, 5.41) is 0. The summed E-state index contributed by atoms with van der Waals surface area (Å²) in [5.74, 6) is 1.73. The molecule has 1 aliphatic rings. The first-order valence-corrected chi connectivity index (χ1v) is 6.28. The molecule has 0 atom stereocenters. The fraction of sp³-hybridized carbons (Fsp3) is 0.538. The number of oxazole rings is 1. The predicted octanol–water partition coefficient (Wildman–Crippen LogP) is 1.58. The molecule has 0 unspecified atom stereocenters. The quantitative estimate of drug-likeness (QED) is 0.807. The van der Waals surface area contributed by atoms with Crippen LogP contribution in [0.25, 0.3) is 0 Å². The first kappa shape index (κ1) is 11.5. The van der Waals surface area contributed by atoms with Crippen LogP contribution < -0.4 is 0 Å². The molecule has 0 aromatic carbocycles. The smallest absolute Gasteiger partial charge is 0.208 e. The summed E-state index contributed by atoms with van der Waals surface area (Å²) in [7, 11) is 2.06. The van der Waals surface area contributed by atoms with Crippen molar-refractivity contribution in [3.8, 4) is 0 Å². The summed E-state index contributed by atoms with van der Waals surface area (Å²) < 4.78 is 7.75. The number of aromatic nitrogens is 3. The molecule has 0 N–H and O–H groups in total. The van der Waals surface area contributed by atoms with Gasteiger partial charge in [-0.2, -0.15) is 0 Å². The van der Waals surface area contributed by atoms with Crippen molar-refractivity contribution in [2.45, 2.75) is 33.4 Å². The molecule has 3 rings (SSSR count). The summed E-state index contributed by atoms with van der Waals surface area (Å²) in [5.41, 5.74) is 3.52. The van der Waals surface area contributed by atoms with Crippen LogP contribution in [0.2, 0.25) is 0 Å². The number of fused-ring (bicyclic) bond motifs is 1. The van der Waals surface area contributed by atoms with E-state index >= 15 is 0 Å².